The predicted octanol–water partition coefficient (Wildman–Crippen LogP) is 5.85. The number of benzene rings is 3. The van der Waals surface area contributed by atoms with Crippen molar-refractivity contribution in [2.75, 3.05) is 5.32 Å². The maximum Gasteiger partial charge on any atom is 0.0767 e. The summed E-state index contributed by atoms with van der Waals surface area (Å²) in [6.45, 7) is 2.04. The highest BCUT2D eigenvalue weighted by atomic mass is 35.5. The van der Waals surface area contributed by atoms with Crippen LogP contribution in [-0.2, 0) is 0 Å². The molecule has 0 aromatic heterocycles. The molecule has 1 nitrogen and oxygen atoms in total. The van der Waals surface area contributed by atoms with Gasteiger partial charge >= 0.3 is 0 Å². The summed E-state index contributed by atoms with van der Waals surface area (Å²) in [5, 5.41) is 4.42. The van der Waals surface area contributed by atoms with Gasteiger partial charge < -0.3 is 5.32 Å². The molecule has 0 atom stereocenters. The number of hydrogen-bond acceptors (Lipinski definition) is 1. The molecule has 0 unspecified atom stereocenters. The van der Waals surface area contributed by atoms with Crippen molar-refractivity contribution in [1.82, 2.24) is 0 Å². The van der Waals surface area contributed by atoms with E-state index in [1.807, 2.05) is 31.2 Å². The van der Waals surface area contributed by atoms with Crippen LogP contribution in [0.5, 0.6) is 0 Å². The van der Waals surface area contributed by atoms with Crippen molar-refractivity contribution < 1.29 is 0 Å². The predicted molar refractivity (Wildman–Crippen MR) is 94.5 cm³/mol. The van der Waals surface area contributed by atoms with Crippen molar-refractivity contribution in [2.45, 2.75) is 13.0 Å². The van der Waals surface area contributed by atoms with Gasteiger partial charge in [-0.3, -0.25) is 0 Å². The topological polar surface area (TPSA) is 12.0 Å². The van der Waals surface area contributed by atoms with Gasteiger partial charge in [-0.1, -0.05) is 78.3 Å². The van der Waals surface area contributed by atoms with E-state index in [4.69, 9.17) is 11.6 Å². The van der Waals surface area contributed by atoms with Gasteiger partial charge in [0.1, 0.15) is 0 Å². The lowest BCUT2D eigenvalue weighted by molar-refractivity contribution is 0.936. The van der Waals surface area contributed by atoms with Crippen LogP contribution in [0.1, 0.15) is 22.7 Å². The average Bonchev–Trinajstić information content (AvgIpc) is 2.58. The number of hydrogen-bond donors (Lipinski definition) is 1. The molecule has 3 aromatic carbocycles. The zero-order chi connectivity index (χ0) is 15.4. The van der Waals surface area contributed by atoms with Crippen molar-refractivity contribution in [1.29, 1.82) is 0 Å². The second kappa shape index (κ2) is 6.67. The summed E-state index contributed by atoms with van der Waals surface area (Å²) in [4.78, 5) is 0. The Kier molecular flexibility index (Phi) is 4.45. The standard InChI is InChI=1S/C20H18ClN/c1-15-18(21)13-8-14-19(15)22-20(16-9-4-2-5-10-16)17-11-6-3-7-12-17/h2-14,20,22H,1H3. The van der Waals surface area contributed by atoms with Gasteiger partial charge in [-0.05, 0) is 35.7 Å². The first-order valence-electron chi connectivity index (χ1n) is 7.37. The van der Waals surface area contributed by atoms with Gasteiger partial charge in [-0.25, -0.2) is 0 Å². The van der Waals surface area contributed by atoms with Crippen LogP contribution in [0.15, 0.2) is 78.9 Å². The smallest absolute Gasteiger partial charge is 0.0767 e. The van der Waals surface area contributed by atoms with Gasteiger partial charge in [-0.2, -0.15) is 0 Å². The van der Waals surface area contributed by atoms with Gasteiger partial charge in [0.25, 0.3) is 0 Å². The number of halogens is 1. The van der Waals surface area contributed by atoms with Crippen LogP contribution >= 0.6 is 11.6 Å². The van der Waals surface area contributed by atoms with E-state index in [0.29, 0.717) is 0 Å². The Hall–Kier alpha value is -2.25. The van der Waals surface area contributed by atoms with Crippen molar-refractivity contribution in [3.8, 4) is 0 Å². The van der Waals surface area contributed by atoms with Crippen molar-refractivity contribution in [3.05, 3.63) is 101 Å². The van der Waals surface area contributed by atoms with Gasteiger partial charge in [-0.15, -0.1) is 0 Å². The summed E-state index contributed by atoms with van der Waals surface area (Å²) in [6.07, 6.45) is 0. The normalized spacial score (nSPS) is 10.7. The molecule has 1 N–H and O–H groups in total. The van der Waals surface area contributed by atoms with Crippen molar-refractivity contribution in [3.63, 3.8) is 0 Å². The molecule has 0 amide bonds. The van der Waals surface area contributed by atoms with Gasteiger partial charge in [0.2, 0.25) is 0 Å². The molecule has 0 spiro atoms. The van der Waals surface area contributed by atoms with Crippen LogP contribution in [0.25, 0.3) is 0 Å². The lowest BCUT2D eigenvalue weighted by Crippen LogP contribution is -2.13. The summed E-state index contributed by atoms with van der Waals surface area (Å²) < 4.78 is 0. The lowest BCUT2D eigenvalue weighted by atomic mass is 9.98. The maximum absolute atomic E-state index is 6.25. The first-order valence-corrected chi connectivity index (χ1v) is 7.75. The molecule has 3 aromatic rings. The Morgan fingerprint density at radius 2 is 1.27 bits per heavy atom. The number of nitrogens with one attached hydrogen (secondary N) is 1. The Morgan fingerprint density at radius 3 is 1.82 bits per heavy atom. The first kappa shape index (κ1) is 14.7. The highest BCUT2D eigenvalue weighted by Crippen LogP contribution is 2.30. The molecule has 0 radical (unpaired) electrons. The fraction of sp³-hybridized carbons (Fsp3) is 0.100. The van der Waals surface area contributed by atoms with E-state index in [2.05, 4.69) is 59.9 Å². The van der Waals surface area contributed by atoms with E-state index in [9.17, 15) is 0 Å². The molecule has 2 heteroatoms. The van der Waals surface area contributed by atoms with E-state index in [0.717, 1.165) is 16.3 Å². The van der Waals surface area contributed by atoms with Crippen LogP contribution in [0.3, 0.4) is 0 Å². The Balaban J connectivity index is 2.01. The molecule has 0 aliphatic carbocycles. The molecule has 0 bridgehead atoms. The molecular weight excluding hydrogens is 290 g/mol. The second-order valence-corrected chi connectivity index (χ2v) is 5.72. The van der Waals surface area contributed by atoms with Crippen molar-refractivity contribution in [2.24, 2.45) is 0 Å². The molecule has 0 saturated carbocycles. The third-order valence-corrected chi connectivity index (χ3v) is 4.24. The van der Waals surface area contributed by atoms with Crippen molar-refractivity contribution >= 4 is 17.3 Å². The Bertz CT molecular complexity index is 699. The molecule has 0 aliphatic rings. The number of anilines is 1. The lowest BCUT2D eigenvalue weighted by Gasteiger charge is -2.22. The fourth-order valence-corrected chi connectivity index (χ4v) is 2.74. The molecular formula is C20H18ClN. The van der Waals surface area contributed by atoms with E-state index < -0.39 is 0 Å². The third-order valence-electron chi connectivity index (χ3n) is 3.83. The molecule has 0 aliphatic heterocycles. The first-order chi connectivity index (χ1) is 10.8. The minimum Gasteiger partial charge on any atom is -0.374 e. The quantitative estimate of drug-likeness (QED) is 0.637. The molecule has 0 heterocycles. The van der Waals surface area contributed by atoms with Crippen LogP contribution in [0, 0.1) is 6.92 Å². The zero-order valence-corrected chi connectivity index (χ0v) is 13.2. The minimum absolute atomic E-state index is 0.0968. The van der Waals surface area contributed by atoms with Crippen LogP contribution in [-0.4, -0.2) is 0 Å². The average molecular weight is 308 g/mol. The Morgan fingerprint density at radius 1 is 0.727 bits per heavy atom. The zero-order valence-electron chi connectivity index (χ0n) is 12.5. The van der Waals surface area contributed by atoms with Gasteiger partial charge in [0.15, 0.2) is 0 Å². The molecule has 3 rings (SSSR count). The summed E-state index contributed by atoms with van der Waals surface area (Å²) in [6, 6.07) is 27.0. The molecule has 0 saturated heterocycles. The Labute approximate surface area is 136 Å². The summed E-state index contributed by atoms with van der Waals surface area (Å²) in [5.41, 5.74) is 4.59. The minimum atomic E-state index is 0.0968. The highest BCUT2D eigenvalue weighted by molar-refractivity contribution is 6.31. The van der Waals surface area contributed by atoms with E-state index in [1.54, 1.807) is 0 Å². The van der Waals surface area contributed by atoms with Gasteiger partial charge in [0, 0.05) is 10.7 Å². The molecule has 110 valence electrons. The maximum atomic E-state index is 6.25. The van der Waals surface area contributed by atoms with E-state index in [1.165, 1.54) is 11.1 Å². The monoisotopic (exact) mass is 307 g/mol. The van der Waals surface area contributed by atoms with Crippen LogP contribution in [0.2, 0.25) is 5.02 Å². The molecule has 22 heavy (non-hydrogen) atoms. The van der Waals surface area contributed by atoms with Gasteiger partial charge in [0.05, 0.1) is 6.04 Å². The summed E-state index contributed by atoms with van der Waals surface area (Å²) >= 11 is 6.25. The third kappa shape index (κ3) is 3.15. The van der Waals surface area contributed by atoms with Crippen LogP contribution < -0.4 is 5.32 Å². The largest absolute Gasteiger partial charge is 0.374 e. The van der Waals surface area contributed by atoms with Crippen LogP contribution in [0.4, 0.5) is 5.69 Å². The highest BCUT2D eigenvalue weighted by Gasteiger charge is 2.14. The number of rotatable bonds is 4. The second-order valence-electron chi connectivity index (χ2n) is 5.31. The fourth-order valence-electron chi connectivity index (χ4n) is 2.57. The summed E-state index contributed by atoms with van der Waals surface area (Å²) in [5.74, 6) is 0. The summed E-state index contributed by atoms with van der Waals surface area (Å²) in [7, 11) is 0. The SMILES string of the molecule is Cc1c(Cl)cccc1NC(c1ccccc1)c1ccccc1. The molecule has 0 fully saturated rings. The van der Waals surface area contributed by atoms with E-state index >= 15 is 0 Å². The van der Waals surface area contributed by atoms with E-state index in [-0.39, 0.29) is 6.04 Å².